The van der Waals surface area contributed by atoms with E-state index in [1.165, 1.54) is 0 Å². The second kappa shape index (κ2) is 5.58. The highest BCUT2D eigenvalue weighted by Gasteiger charge is 2.52. The number of urea groups is 1. The van der Waals surface area contributed by atoms with Crippen molar-refractivity contribution in [1.82, 2.24) is 15.8 Å². The number of imide groups is 1. The van der Waals surface area contributed by atoms with Gasteiger partial charge in [0.15, 0.2) is 6.61 Å². The lowest BCUT2D eigenvalue weighted by Gasteiger charge is -2.30. The van der Waals surface area contributed by atoms with Crippen LogP contribution in [0.5, 0.6) is 0 Å². The molecule has 8 nitrogen and oxygen atoms in total. The molecule has 4 amide bonds. The Morgan fingerprint density at radius 2 is 1.91 bits per heavy atom. The first kappa shape index (κ1) is 14.8. The number of nitrogens with one attached hydrogen (secondary N) is 2. The molecule has 1 spiro atoms. The zero-order valence-corrected chi connectivity index (χ0v) is 12.2. The largest absolute Gasteiger partial charge is 0.455 e. The number of ether oxygens (including phenoxy) is 1. The lowest BCUT2D eigenvalue weighted by Crippen LogP contribution is -2.51. The topological polar surface area (TPSA) is 105 Å². The Morgan fingerprint density at radius 3 is 2.55 bits per heavy atom. The molecule has 3 aliphatic rings. The molecule has 0 atom stereocenters. The van der Waals surface area contributed by atoms with Gasteiger partial charge in [-0.25, -0.2) is 4.79 Å². The number of rotatable bonds is 4. The molecule has 0 aromatic heterocycles. The van der Waals surface area contributed by atoms with Gasteiger partial charge in [-0.15, -0.1) is 0 Å². The van der Waals surface area contributed by atoms with Crippen LogP contribution in [0.15, 0.2) is 0 Å². The second-order valence-corrected chi connectivity index (χ2v) is 6.13. The van der Waals surface area contributed by atoms with Crippen LogP contribution >= 0.6 is 0 Å². The second-order valence-electron chi connectivity index (χ2n) is 6.13. The van der Waals surface area contributed by atoms with Gasteiger partial charge in [-0.1, -0.05) is 19.3 Å². The number of esters is 1. The van der Waals surface area contributed by atoms with Gasteiger partial charge in [-0.05, 0) is 25.7 Å². The van der Waals surface area contributed by atoms with E-state index in [1.54, 1.807) is 0 Å². The van der Waals surface area contributed by atoms with Gasteiger partial charge >= 0.3 is 12.0 Å². The number of hydrogen-bond donors (Lipinski definition) is 2. The highest BCUT2D eigenvalue weighted by molar-refractivity contribution is 6.08. The lowest BCUT2D eigenvalue weighted by molar-refractivity contribution is -0.151. The third-order valence-corrected chi connectivity index (χ3v) is 4.36. The minimum Gasteiger partial charge on any atom is -0.455 e. The van der Waals surface area contributed by atoms with Crippen LogP contribution in [0.4, 0.5) is 4.79 Å². The van der Waals surface area contributed by atoms with E-state index in [0.29, 0.717) is 17.9 Å². The van der Waals surface area contributed by atoms with Crippen LogP contribution in [0.3, 0.4) is 0 Å². The fourth-order valence-corrected chi connectivity index (χ4v) is 2.95. The Kier molecular flexibility index (Phi) is 3.76. The summed E-state index contributed by atoms with van der Waals surface area (Å²) in [7, 11) is 0. The molecule has 2 aliphatic carbocycles. The van der Waals surface area contributed by atoms with Crippen molar-refractivity contribution < 1.29 is 23.9 Å². The van der Waals surface area contributed by atoms with Gasteiger partial charge < -0.3 is 10.1 Å². The molecule has 3 rings (SSSR count). The highest BCUT2D eigenvalue weighted by atomic mass is 16.5. The fraction of sp³-hybridized carbons (Fsp3) is 0.714. The van der Waals surface area contributed by atoms with Crippen molar-refractivity contribution in [2.45, 2.75) is 50.5 Å². The number of amides is 4. The summed E-state index contributed by atoms with van der Waals surface area (Å²) in [5.41, 5.74) is 1.34. The summed E-state index contributed by atoms with van der Waals surface area (Å²) < 4.78 is 4.82. The quantitative estimate of drug-likeness (QED) is 0.571. The van der Waals surface area contributed by atoms with Crippen molar-refractivity contribution in [2.75, 3.05) is 6.61 Å². The average Bonchev–Trinajstić information content (AvgIpc) is 3.32. The van der Waals surface area contributed by atoms with E-state index >= 15 is 0 Å². The number of hydrazine groups is 1. The molecular weight excluding hydrogens is 290 g/mol. The predicted octanol–water partition coefficient (Wildman–Crippen LogP) is 0.225. The van der Waals surface area contributed by atoms with Gasteiger partial charge in [-0.3, -0.25) is 19.8 Å². The first-order chi connectivity index (χ1) is 10.5. The minimum atomic E-state index is -0.882. The number of nitrogens with zero attached hydrogens (tertiary/aromatic N) is 1. The lowest BCUT2D eigenvalue weighted by atomic mass is 9.82. The third kappa shape index (κ3) is 2.77. The zero-order chi connectivity index (χ0) is 15.7. The van der Waals surface area contributed by atoms with E-state index in [4.69, 9.17) is 4.74 Å². The molecule has 0 bridgehead atoms. The van der Waals surface area contributed by atoms with Crippen molar-refractivity contribution in [1.29, 1.82) is 0 Å². The Balaban J connectivity index is 1.55. The van der Waals surface area contributed by atoms with Gasteiger partial charge in [0, 0.05) is 0 Å². The minimum absolute atomic E-state index is 0.102. The molecule has 22 heavy (non-hydrogen) atoms. The van der Waals surface area contributed by atoms with Gasteiger partial charge in [0.1, 0.15) is 5.54 Å². The number of carbonyl (C=O) groups is 4. The summed E-state index contributed by atoms with van der Waals surface area (Å²) >= 11 is 0. The van der Waals surface area contributed by atoms with E-state index in [9.17, 15) is 19.2 Å². The van der Waals surface area contributed by atoms with E-state index in [0.717, 1.165) is 32.1 Å². The van der Waals surface area contributed by atoms with E-state index < -0.39 is 36.0 Å². The maximum Gasteiger partial charge on any atom is 0.344 e. The molecule has 120 valence electrons. The fourth-order valence-electron chi connectivity index (χ4n) is 2.95. The van der Waals surface area contributed by atoms with Gasteiger partial charge in [0.2, 0.25) is 0 Å². The van der Waals surface area contributed by atoms with Crippen LogP contribution < -0.4 is 10.7 Å². The maximum absolute atomic E-state index is 12.4. The molecule has 8 heteroatoms. The van der Waals surface area contributed by atoms with E-state index in [-0.39, 0.29) is 5.92 Å². The molecule has 0 radical (unpaired) electrons. The summed E-state index contributed by atoms with van der Waals surface area (Å²) in [6, 6.07) is -0.631. The van der Waals surface area contributed by atoms with Crippen LogP contribution in [0.25, 0.3) is 0 Å². The molecular formula is C14H19N3O5. The monoisotopic (exact) mass is 309 g/mol. The molecule has 0 unspecified atom stereocenters. The average molecular weight is 309 g/mol. The molecule has 0 aromatic carbocycles. The van der Waals surface area contributed by atoms with Crippen LogP contribution in [-0.2, 0) is 19.1 Å². The smallest absolute Gasteiger partial charge is 0.344 e. The Hall–Kier alpha value is -2.12. The maximum atomic E-state index is 12.4. The van der Waals surface area contributed by atoms with Crippen LogP contribution in [0.2, 0.25) is 0 Å². The summed E-state index contributed by atoms with van der Waals surface area (Å²) in [6.07, 6.45) is 5.52. The van der Waals surface area contributed by atoms with Crippen molar-refractivity contribution in [3.8, 4) is 0 Å². The van der Waals surface area contributed by atoms with Crippen LogP contribution in [-0.4, -0.2) is 41.0 Å². The number of carbonyl (C=O) groups excluding carboxylic acids is 4. The van der Waals surface area contributed by atoms with Gasteiger partial charge in [0.05, 0.1) is 5.92 Å². The zero-order valence-electron chi connectivity index (χ0n) is 12.2. The van der Waals surface area contributed by atoms with Crippen molar-refractivity contribution in [3.63, 3.8) is 0 Å². The van der Waals surface area contributed by atoms with E-state index in [2.05, 4.69) is 10.7 Å². The summed E-state index contributed by atoms with van der Waals surface area (Å²) in [5.74, 6) is -1.63. The Bertz CT molecular complexity index is 523. The van der Waals surface area contributed by atoms with Crippen molar-refractivity contribution in [2.24, 2.45) is 5.92 Å². The summed E-state index contributed by atoms with van der Waals surface area (Å²) in [6.45, 7) is -0.487. The van der Waals surface area contributed by atoms with Crippen LogP contribution in [0, 0.1) is 5.92 Å². The van der Waals surface area contributed by atoms with E-state index in [1.807, 2.05) is 0 Å². The van der Waals surface area contributed by atoms with Gasteiger partial charge in [0.25, 0.3) is 11.8 Å². The first-order valence-corrected chi connectivity index (χ1v) is 7.65. The Morgan fingerprint density at radius 1 is 1.23 bits per heavy atom. The molecule has 1 aliphatic heterocycles. The molecule has 0 aromatic rings. The first-order valence-electron chi connectivity index (χ1n) is 7.65. The predicted molar refractivity (Wildman–Crippen MR) is 73.0 cm³/mol. The van der Waals surface area contributed by atoms with Crippen molar-refractivity contribution in [3.05, 3.63) is 0 Å². The highest BCUT2D eigenvalue weighted by Crippen LogP contribution is 2.33. The summed E-state index contributed by atoms with van der Waals surface area (Å²) in [5, 5.41) is 3.39. The SMILES string of the molecule is O=C(COC(=O)C1CC1)NN1C(=O)NC2(CCCCC2)C1=O. The van der Waals surface area contributed by atoms with Crippen molar-refractivity contribution >= 4 is 23.8 Å². The molecule has 2 N–H and O–H groups in total. The van der Waals surface area contributed by atoms with Gasteiger partial charge in [-0.2, -0.15) is 5.01 Å². The van der Waals surface area contributed by atoms with Crippen LogP contribution in [0.1, 0.15) is 44.9 Å². The molecule has 3 fully saturated rings. The molecule has 1 heterocycles. The Labute approximate surface area is 127 Å². The standard InChI is InChI=1S/C14H19N3O5/c18-10(8-22-11(19)9-4-5-9)16-17-12(20)14(15-13(17)21)6-2-1-3-7-14/h9H,1-8H2,(H,15,21)(H,16,18). The number of hydrogen-bond acceptors (Lipinski definition) is 5. The molecule has 2 saturated carbocycles. The third-order valence-electron chi connectivity index (χ3n) is 4.36. The normalized spacial score (nSPS) is 23.4. The molecule has 1 saturated heterocycles. The summed E-state index contributed by atoms with van der Waals surface area (Å²) in [4.78, 5) is 47.4.